The fourth-order valence-corrected chi connectivity index (χ4v) is 3.13. The molecule has 1 aromatic heterocycles. The highest BCUT2D eigenvalue weighted by molar-refractivity contribution is 7.93. The van der Waals surface area contributed by atoms with E-state index in [1.807, 2.05) is 0 Å². The number of sulfonamides is 1. The second kappa shape index (κ2) is 6.14. The van der Waals surface area contributed by atoms with Gasteiger partial charge in [-0.05, 0) is 6.92 Å². The number of hydrogen-bond donors (Lipinski definition) is 1. The van der Waals surface area contributed by atoms with Gasteiger partial charge in [0.2, 0.25) is 0 Å². The topological polar surface area (TPSA) is 99.9 Å². The largest absolute Gasteiger partial charge is 0.496 e. The van der Waals surface area contributed by atoms with Gasteiger partial charge in [0.1, 0.15) is 23.0 Å². The number of benzene rings is 1. The summed E-state index contributed by atoms with van der Waals surface area (Å²) in [7, 11) is 0.178. The maximum absolute atomic E-state index is 12.6. The van der Waals surface area contributed by atoms with Gasteiger partial charge in [-0.2, -0.15) is 0 Å². The fraction of sp³-hybridized carbons (Fsp3) is 0.308. The highest BCUT2D eigenvalue weighted by Gasteiger charge is 2.27. The van der Waals surface area contributed by atoms with E-state index in [0.29, 0.717) is 11.5 Å². The Hall–Kier alpha value is -2.42. The first-order valence-electron chi connectivity index (χ1n) is 6.17. The molecular formula is C13H16N2O6S. The van der Waals surface area contributed by atoms with E-state index in [0.717, 1.165) is 0 Å². The normalized spacial score (nSPS) is 11.1. The van der Waals surface area contributed by atoms with Crippen LogP contribution >= 0.6 is 0 Å². The van der Waals surface area contributed by atoms with Crippen molar-refractivity contribution >= 4 is 15.8 Å². The molecule has 0 atom stereocenters. The summed E-state index contributed by atoms with van der Waals surface area (Å²) in [5, 5.41) is 3.60. The summed E-state index contributed by atoms with van der Waals surface area (Å²) in [6.07, 6.45) is 0. The molecule has 1 heterocycles. The summed E-state index contributed by atoms with van der Waals surface area (Å²) in [5.41, 5.74) is 0. The molecule has 0 radical (unpaired) electrons. The summed E-state index contributed by atoms with van der Waals surface area (Å²) < 4.78 is 47.7. The Labute approximate surface area is 128 Å². The molecule has 0 fully saturated rings. The lowest BCUT2D eigenvalue weighted by atomic mass is 10.3. The van der Waals surface area contributed by atoms with E-state index in [1.54, 1.807) is 6.92 Å². The first kappa shape index (κ1) is 16.0. The fourth-order valence-electron chi connectivity index (χ4n) is 1.84. The molecule has 8 nitrogen and oxygen atoms in total. The minimum atomic E-state index is -3.99. The number of nitrogens with zero attached hydrogens (tertiary/aromatic N) is 1. The van der Waals surface area contributed by atoms with Crippen molar-refractivity contribution in [2.24, 2.45) is 0 Å². The molecule has 9 heteroatoms. The molecule has 0 unspecified atom stereocenters. The molecule has 120 valence electrons. The summed E-state index contributed by atoms with van der Waals surface area (Å²) in [4.78, 5) is -0.154. The molecule has 0 aliphatic heterocycles. The van der Waals surface area contributed by atoms with Gasteiger partial charge in [0.15, 0.2) is 10.7 Å². The first-order valence-corrected chi connectivity index (χ1v) is 7.65. The van der Waals surface area contributed by atoms with Gasteiger partial charge >= 0.3 is 0 Å². The van der Waals surface area contributed by atoms with Crippen molar-refractivity contribution in [1.29, 1.82) is 0 Å². The van der Waals surface area contributed by atoms with Crippen LogP contribution in [0.3, 0.4) is 0 Å². The smallest absolute Gasteiger partial charge is 0.270 e. The van der Waals surface area contributed by atoms with Crippen molar-refractivity contribution < 1.29 is 27.2 Å². The third-order valence-electron chi connectivity index (χ3n) is 2.81. The summed E-state index contributed by atoms with van der Waals surface area (Å²) >= 11 is 0. The Bertz CT molecular complexity index is 744. The number of rotatable bonds is 6. The van der Waals surface area contributed by atoms with Crippen LogP contribution < -0.4 is 18.9 Å². The van der Waals surface area contributed by atoms with Crippen molar-refractivity contribution in [3.63, 3.8) is 0 Å². The highest BCUT2D eigenvalue weighted by atomic mass is 32.2. The average molecular weight is 328 g/mol. The number of hydrogen-bond acceptors (Lipinski definition) is 7. The Morgan fingerprint density at radius 1 is 1.05 bits per heavy atom. The van der Waals surface area contributed by atoms with Crippen LogP contribution in [0, 0.1) is 6.92 Å². The number of anilines is 1. The lowest BCUT2D eigenvalue weighted by molar-refractivity contribution is 0.359. The van der Waals surface area contributed by atoms with Crippen molar-refractivity contribution in [3.05, 3.63) is 24.0 Å². The molecule has 0 amide bonds. The van der Waals surface area contributed by atoms with Crippen molar-refractivity contribution in [3.8, 4) is 17.2 Å². The quantitative estimate of drug-likeness (QED) is 0.863. The van der Waals surface area contributed by atoms with Crippen LogP contribution in [0.1, 0.15) is 5.76 Å². The zero-order valence-corrected chi connectivity index (χ0v) is 13.4. The minimum absolute atomic E-state index is 0.0671. The molecule has 2 aromatic rings. The van der Waals surface area contributed by atoms with Gasteiger partial charge in [-0.1, -0.05) is 5.16 Å². The van der Waals surface area contributed by atoms with E-state index in [-0.39, 0.29) is 22.2 Å². The van der Waals surface area contributed by atoms with Crippen LogP contribution in [0.25, 0.3) is 0 Å². The standard InChI is InChI=1S/C13H16N2O6S/c1-8-5-12(14-21-8)15-22(16,17)13-10(19-3)6-9(18-2)7-11(13)20-4/h5-7H,1-4H3,(H,14,15). The third kappa shape index (κ3) is 3.08. The van der Waals surface area contributed by atoms with Crippen LogP contribution in [0.5, 0.6) is 17.2 Å². The Morgan fingerprint density at radius 2 is 1.64 bits per heavy atom. The molecule has 2 rings (SSSR count). The average Bonchev–Trinajstić information content (AvgIpc) is 2.89. The number of ether oxygens (including phenoxy) is 3. The maximum Gasteiger partial charge on any atom is 0.270 e. The SMILES string of the molecule is COc1cc(OC)c(S(=O)(=O)Nc2cc(C)on2)c(OC)c1. The Morgan fingerprint density at radius 3 is 2.05 bits per heavy atom. The monoisotopic (exact) mass is 328 g/mol. The number of aromatic nitrogens is 1. The zero-order valence-electron chi connectivity index (χ0n) is 12.5. The van der Waals surface area contributed by atoms with Crippen LogP contribution in [-0.2, 0) is 10.0 Å². The minimum Gasteiger partial charge on any atom is -0.496 e. The van der Waals surface area contributed by atoms with Crippen LogP contribution in [0.4, 0.5) is 5.82 Å². The van der Waals surface area contributed by atoms with Crippen LogP contribution in [0.2, 0.25) is 0 Å². The highest BCUT2D eigenvalue weighted by Crippen LogP contribution is 2.38. The lowest BCUT2D eigenvalue weighted by Crippen LogP contribution is -2.15. The van der Waals surface area contributed by atoms with Crippen molar-refractivity contribution in [2.45, 2.75) is 11.8 Å². The molecular weight excluding hydrogens is 312 g/mol. The summed E-state index contributed by atoms with van der Waals surface area (Å²) in [6, 6.07) is 4.36. The van der Waals surface area contributed by atoms with Gasteiger partial charge in [0.25, 0.3) is 10.0 Å². The number of methoxy groups -OCH3 is 3. The van der Waals surface area contributed by atoms with Gasteiger partial charge in [-0.25, -0.2) is 8.42 Å². The van der Waals surface area contributed by atoms with E-state index in [9.17, 15) is 8.42 Å². The summed E-state index contributed by atoms with van der Waals surface area (Å²) in [6.45, 7) is 1.65. The first-order chi connectivity index (χ1) is 10.4. The van der Waals surface area contributed by atoms with Gasteiger partial charge < -0.3 is 18.7 Å². The lowest BCUT2D eigenvalue weighted by Gasteiger charge is -2.15. The maximum atomic E-state index is 12.6. The van der Waals surface area contributed by atoms with Crippen LogP contribution in [-0.4, -0.2) is 34.9 Å². The molecule has 0 saturated heterocycles. The van der Waals surface area contributed by atoms with Gasteiger partial charge in [0, 0.05) is 18.2 Å². The second-order valence-corrected chi connectivity index (χ2v) is 5.91. The van der Waals surface area contributed by atoms with Crippen molar-refractivity contribution in [1.82, 2.24) is 5.16 Å². The summed E-state index contributed by atoms with van der Waals surface area (Å²) in [5.74, 6) is 1.13. The van der Waals surface area contributed by atoms with Crippen LogP contribution in [0.15, 0.2) is 27.6 Å². The Balaban J connectivity index is 2.53. The molecule has 1 N–H and O–H groups in total. The third-order valence-corrected chi connectivity index (χ3v) is 4.22. The number of aryl methyl sites for hydroxylation is 1. The van der Waals surface area contributed by atoms with Crippen molar-refractivity contribution in [2.75, 3.05) is 26.1 Å². The molecule has 0 bridgehead atoms. The van der Waals surface area contributed by atoms with E-state index in [2.05, 4.69) is 9.88 Å². The van der Waals surface area contributed by atoms with Gasteiger partial charge in [0.05, 0.1) is 21.3 Å². The molecule has 0 aliphatic carbocycles. The zero-order chi connectivity index (χ0) is 16.3. The second-order valence-electron chi connectivity index (χ2n) is 4.29. The van der Waals surface area contributed by atoms with E-state index < -0.39 is 10.0 Å². The van der Waals surface area contributed by atoms with E-state index >= 15 is 0 Å². The predicted octanol–water partition coefficient (Wildman–Crippen LogP) is 1.81. The molecule has 0 saturated carbocycles. The molecule has 0 spiro atoms. The molecule has 1 aromatic carbocycles. The molecule has 0 aliphatic rings. The molecule has 22 heavy (non-hydrogen) atoms. The van der Waals surface area contributed by atoms with Gasteiger partial charge in [-0.15, -0.1) is 0 Å². The number of nitrogens with one attached hydrogen (secondary N) is 1. The Kier molecular flexibility index (Phi) is 4.45. The van der Waals surface area contributed by atoms with Gasteiger partial charge in [-0.3, -0.25) is 4.72 Å². The van der Waals surface area contributed by atoms with E-state index in [1.165, 1.54) is 39.5 Å². The van der Waals surface area contributed by atoms with E-state index in [4.69, 9.17) is 18.7 Å². The predicted molar refractivity (Wildman–Crippen MR) is 78.1 cm³/mol.